The average Bonchev–Trinajstić information content (AvgIpc) is 2.76. The molecule has 1 aliphatic heterocycles. The number of amides is 1. The molecule has 1 amide bonds. The average molecular weight is 290 g/mol. The largest absolute Gasteiger partial charge is 0.420 e. The quantitative estimate of drug-likeness (QED) is 0.784. The fourth-order valence-corrected chi connectivity index (χ4v) is 2.52. The molecule has 0 radical (unpaired) electrons. The maximum absolute atomic E-state index is 12.3. The summed E-state index contributed by atoms with van der Waals surface area (Å²) in [4.78, 5) is 28.2. The van der Waals surface area contributed by atoms with Gasteiger partial charge in [0.2, 0.25) is 5.91 Å². The number of nitrogen functional groups attached to an aromatic ring is 1. The fraction of sp³-hybridized carbons (Fsp3) is 0.429. The molecule has 0 unspecified atom stereocenters. The predicted molar refractivity (Wildman–Crippen MR) is 79.0 cm³/mol. The van der Waals surface area contributed by atoms with E-state index in [0.29, 0.717) is 29.9 Å². The van der Waals surface area contributed by atoms with E-state index >= 15 is 0 Å². The lowest BCUT2D eigenvalue weighted by molar-refractivity contribution is -0.133. The van der Waals surface area contributed by atoms with E-state index in [0.717, 1.165) is 13.1 Å². The first-order chi connectivity index (χ1) is 10.0. The van der Waals surface area contributed by atoms with Crippen LogP contribution in [-0.4, -0.2) is 53.5 Å². The number of nitrogens with two attached hydrogens (primary N) is 1. The predicted octanol–water partition coefficient (Wildman–Crippen LogP) is -0.0493. The molecule has 7 nitrogen and oxygen atoms in total. The molecule has 0 spiro atoms. The fourth-order valence-electron chi connectivity index (χ4n) is 2.52. The van der Waals surface area contributed by atoms with Gasteiger partial charge in [0.15, 0.2) is 5.58 Å². The summed E-state index contributed by atoms with van der Waals surface area (Å²) in [6, 6.07) is 4.96. The molecule has 7 heteroatoms. The minimum absolute atomic E-state index is 0.0149. The molecular formula is C14H18N4O3. The van der Waals surface area contributed by atoms with Crippen molar-refractivity contribution in [1.82, 2.24) is 14.4 Å². The van der Waals surface area contributed by atoms with Gasteiger partial charge < -0.3 is 20.0 Å². The Morgan fingerprint density at radius 3 is 2.71 bits per heavy atom. The van der Waals surface area contributed by atoms with Crippen molar-refractivity contribution in [2.75, 3.05) is 39.0 Å². The number of rotatable bonds is 2. The molecule has 0 atom stereocenters. The number of piperazine rings is 1. The summed E-state index contributed by atoms with van der Waals surface area (Å²) in [7, 11) is 2.03. The lowest BCUT2D eigenvalue weighted by Gasteiger charge is -2.32. The normalized spacial score (nSPS) is 16.5. The maximum atomic E-state index is 12.3. The Kier molecular flexibility index (Phi) is 3.42. The maximum Gasteiger partial charge on any atom is 0.420 e. The van der Waals surface area contributed by atoms with Gasteiger partial charge in [-0.2, -0.15) is 0 Å². The second kappa shape index (κ2) is 5.25. The van der Waals surface area contributed by atoms with E-state index < -0.39 is 5.76 Å². The van der Waals surface area contributed by atoms with Gasteiger partial charge in [0, 0.05) is 31.9 Å². The van der Waals surface area contributed by atoms with Crippen molar-refractivity contribution in [3.05, 3.63) is 28.7 Å². The zero-order valence-corrected chi connectivity index (χ0v) is 11.9. The smallest absolute Gasteiger partial charge is 0.408 e. The Hall–Kier alpha value is -2.28. The molecular weight excluding hydrogens is 272 g/mol. The highest BCUT2D eigenvalue weighted by Crippen LogP contribution is 2.16. The van der Waals surface area contributed by atoms with Gasteiger partial charge in [0.1, 0.15) is 6.54 Å². The van der Waals surface area contributed by atoms with E-state index in [1.165, 1.54) is 4.57 Å². The molecule has 3 rings (SSSR count). The number of aromatic nitrogens is 1. The van der Waals surface area contributed by atoms with Crippen molar-refractivity contribution in [3.63, 3.8) is 0 Å². The Morgan fingerprint density at radius 1 is 1.29 bits per heavy atom. The number of fused-ring (bicyclic) bond motifs is 1. The Labute approximate surface area is 121 Å². The van der Waals surface area contributed by atoms with E-state index in [4.69, 9.17) is 10.2 Å². The third-order valence-electron chi connectivity index (χ3n) is 3.84. The topological polar surface area (TPSA) is 84.7 Å². The SMILES string of the molecule is CN1CCN(C(=O)Cn2c(=O)oc3ccc(N)cc32)CC1. The number of carbonyl (C=O) groups excluding carboxylic acids is 1. The molecule has 1 aliphatic rings. The number of carbonyl (C=O) groups is 1. The summed E-state index contributed by atoms with van der Waals surface area (Å²) < 4.78 is 6.47. The molecule has 1 fully saturated rings. The van der Waals surface area contributed by atoms with Crippen LogP contribution in [0.4, 0.5) is 5.69 Å². The molecule has 0 bridgehead atoms. The van der Waals surface area contributed by atoms with E-state index in [-0.39, 0.29) is 12.5 Å². The van der Waals surface area contributed by atoms with Crippen LogP contribution in [0.3, 0.4) is 0 Å². The van der Waals surface area contributed by atoms with Crippen LogP contribution in [0, 0.1) is 0 Å². The van der Waals surface area contributed by atoms with Crippen molar-refractivity contribution in [2.24, 2.45) is 0 Å². The van der Waals surface area contributed by atoms with Gasteiger partial charge in [0.25, 0.3) is 0 Å². The third kappa shape index (κ3) is 2.64. The van der Waals surface area contributed by atoms with Crippen LogP contribution < -0.4 is 11.5 Å². The van der Waals surface area contributed by atoms with Crippen molar-refractivity contribution < 1.29 is 9.21 Å². The van der Waals surface area contributed by atoms with Gasteiger partial charge in [-0.3, -0.25) is 9.36 Å². The van der Waals surface area contributed by atoms with Crippen LogP contribution in [0.1, 0.15) is 0 Å². The first-order valence-corrected chi connectivity index (χ1v) is 6.90. The number of likely N-dealkylation sites (N-methyl/N-ethyl adjacent to an activating group) is 1. The summed E-state index contributed by atoms with van der Waals surface area (Å²) in [5.74, 6) is -0.603. The standard InChI is InChI=1S/C14H18N4O3/c1-16-4-6-17(7-5-16)13(19)9-18-11-8-10(15)2-3-12(11)21-14(18)20/h2-3,8H,4-7,9,15H2,1H3. The number of hydrogen-bond donors (Lipinski definition) is 1. The van der Waals surface area contributed by atoms with Crippen molar-refractivity contribution >= 4 is 22.7 Å². The van der Waals surface area contributed by atoms with Crippen LogP contribution >= 0.6 is 0 Å². The van der Waals surface area contributed by atoms with Gasteiger partial charge >= 0.3 is 5.76 Å². The van der Waals surface area contributed by atoms with Gasteiger partial charge in [-0.25, -0.2) is 4.79 Å². The highest BCUT2D eigenvalue weighted by Gasteiger charge is 2.21. The number of oxazole rings is 1. The summed E-state index contributed by atoms with van der Waals surface area (Å²) >= 11 is 0. The molecule has 1 aromatic heterocycles. The molecule has 0 aliphatic carbocycles. The highest BCUT2D eigenvalue weighted by molar-refractivity contribution is 5.81. The second-order valence-corrected chi connectivity index (χ2v) is 5.37. The monoisotopic (exact) mass is 290 g/mol. The molecule has 1 saturated heterocycles. The Bertz CT molecular complexity index is 725. The number of hydrogen-bond acceptors (Lipinski definition) is 5. The highest BCUT2D eigenvalue weighted by atomic mass is 16.4. The second-order valence-electron chi connectivity index (χ2n) is 5.37. The molecule has 2 N–H and O–H groups in total. The van der Waals surface area contributed by atoms with E-state index in [1.807, 2.05) is 7.05 Å². The Morgan fingerprint density at radius 2 is 2.00 bits per heavy atom. The summed E-state index contributed by atoms with van der Waals surface area (Å²) in [6.07, 6.45) is 0. The summed E-state index contributed by atoms with van der Waals surface area (Å²) in [6.45, 7) is 3.04. The van der Waals surface area contributed by atoms with Crippen LogP contribution in [0.2, 0.25) is 0 Å². The van der Waals surface area contributed by atoms with E-state index in [2.05, 4.69) is 4.90 Å². The number of anilines is 1. The van der Waals surface area contributed by atoms with Gasteiger partial charge in [0.05, 0.1) is 5.52 Å². The first-order valence-electron chi connectivity index (χ1n) is 6.90. The third-order valence-corrected chi connectivity index (χ3v) is 3.84. The zero-order valence-electron chi connectivity index (χ0n) is 11.9. The van der Waals surface area contributed by atoms with Crippen LogP contribution in [0.25, 0.3) is 11.1 Å². The van der Waals surface area contributed by atoms with Crippen molar-refractivity contribution in [3.8, 4) is 0 Å². The molecule has 1 aromatic carbocycles. The van der Waals surface area contributed by atoms with E-state index in [1.54, 1.807) is 23.1 Å². The van der Waals surface area contributed by atoms with Gasteiger partial charge in [-0.1, -0.05) is 0 Å². The first kappa shape index (κ1) is 13.7. The molecule has 0 saturated carbocycles. The molecule has 112 valence electrons. The Balaban J connectivity index is 1.84. The molecule has 2 aromatic rings. The van der Waals surface area contributed by atoms with Crippen LogP contribution in [0.5, 0.6) is 0 Å². The van der Waals surface area contributed by atoms with Crippen LogP contribution in [0.15, 0.2) is 27.4 Å². The van der Waals surface area contributed by atoms with Crippen molar-refractivity contribution in [1.29, 1.82) is 0 Å². The molecule has 2 heterocycles. The lowest BCUT2D eigenvalue weighted by Crippen LogP contribution is -2.48. The summed E-state index contributed by atoms with van der Waals surface area (Å²) in [5.41, 5.74) is 7.27. The zero-order chi connectivity index (χ0) is 15.0. The number of benzene rings is 1. The van der Waals surface area contributed by atoms with E-state index in [9.17, 15) is 9.59 Å². The minimum atomic E-state index is -0.530. The van der Waals surface area contributed by atoms with Gasteiger partial charge in [-0.05, 0) is 25.2 Å². The van der Waals surface area contributed by atoms with Gasteiger partial charge in [-0.15, -0.1) is 0 Å². The molecule has 21 heavy (non-hydrogen) atoms. The minimum Gasteiger partial charge on any atom is -0.408 e. The lowest BCUT2D eigenvalue weighted by atomic mass is 10.3. The van der Waals surface area contributed by atoms with Crippen LogP contribution in [-0.2, 0) is 11.3 Å². The van der Waals surface area contributed by atoms with Crippen molar-refractivity contribution in [2.45, 2.75) is 6.54 Å². The summed E-state index contributed by atoms with van der Waals surface area (Å²) in [5, 5.41) is 0. The number of nitrogens with zero attached hydrogens (tertiary/aromatic N) is 3.